The van der Waals surface area contributed by atoms with Crippen LogP contribution in [0.4, 0.5) is 0 Å². The Morgan fingerprint density at radius 2 is 2.00 bits per heavy atom. The molecule has 2 heteroatoms. The highest BCUT2D eigenvalue weighted by Gasteiger charge is 2.35. The second-order valence-corrected chi connectivity index (χ2v) is 3.87. The number of benzene rings is 1. The minimum absolute atomic E-state index is 0.615. The van der Waals surface area contributed by atoms with Gasteiger partial charge in [0.15, 0.2) is 0 Å². The molecule has 1 aliphatic rings. The lowest BCUT2D eigenvalue weighted by atomic mass is 9.88. The van der Waals surface area contributed by atoms with Gasteiger partial charge in [0.25, 0.3) is 0 Å². The van der Waals surface area contributed by atoms with Gasteiger partial charge in [0, 0.05) is 13.1 Å². The van der Waals surface area contributed by atoms with Gasteiger partial charge in [-0.05, 0) is 18.1 Å². The second kappa shape index (κ2) is 3.56. The van der Waals surface area contributed by atoms with E-state index in [0.29, 0.717) is 13.1 Å². The number of hydrogen-bond acceptors (Lipinski definition) is 2. The van der Waals surface area contributed by atoms with E-state index in [2.05, 4.69) is 5.32 Å². The fourth-order valence-electron chi connectivity index (χ4n) is 1.57. The minimum Gasteiger partial charge on any atom is -0.383 e. The van der Waals surface area contributed by atoms with Gasteiger partial charge in [0.05, 0.1) is 0 Å². The van der Waals surface area contributed by atoms with Gasteiger partial charge in [-0.15, -0.1) is 0 Å². The van der Waals surface area contributed by atoms with Crippen molar-refractivity contribution in [2.45, 2.75) is 12.5 Å². The molecule has 0 radical (unpaired) electrons. The van der Waals surface area contributed by atoms with Crippen molar-refractivity contribution in [2.24, 2.45) is 0 Å². The predicted molar refractivity (Wildman–Crippen MR) is 57.9 cm³/mol. The van der Waals surface area contributed by atoms with Crippen molar-refractivity contribution in [3.8, 4) is 0 Å². The molecule has 74 valence electrons. The zero-order valence-electron chi connectivity index (χ0n) is 8.33. The summed E-state index contributed by atoms with van der Waals surface area (Å²) in [7, 11) is 0. The van der Waals surface area contributed by atoms with Crippen LogP contribution >= 0.6 is 0 Å². The molecule has 2 rings (SSSR count). The molecule has 1 fully saturated rings. The van der Waals surface area contributed by atoms with Crippen molar-refractivity contribution >= 4 is 6.08 Å². The highest BCUT2D eigenvalue weighted by Crippen LogP contribution is 2.22. The van der Waals surface area contributed by atoms with Crippen molar-refractivity contribution in [2.75, 3.05) is 13.1 Å². The molecule has 14 heavy (non-hydrogen) atoms. The molecule has 0 amide bonds. The molecule has 1 aliphatic heterocycles. The highest BCUT2D eigenvalue weighted by molar-refractivity contribution is 5.55. The molecular formula is C12H15NO. The molecule has 1 aromatic rings. The Morgan fingerprint density at radius 1 is 1.36 bits per heavy atom. The van der Waals surface area contributed by atoms with E-state index < -0.39 is 5.60 Å². The number of β-amino-alcohol motifs (C(OH)–C–C–N with tert-alkyl or cyclic N) is 1. The van der Waals surface area contributed by atoms with Crippen LogP contribution in [0.1, 0.15) is 12.5 Å². The van der Waals surface area contributed by atoms with Gasteiger partial charge in [-0.3, -0.25) is 0 Å². The van der Waals surface area contributed by atoms with Gasteiger partial charge in [-0.25, -0.2) is 0 Å². The maximum atomic E-state index is 10.0. The first-order valence-corrected chi connectivity index (χ1v) is 4.88. The lowest BCUT2D eigenvalue weighted by Gasteiger charge is -2.38. The van der Waals surface area contributed by atoms with E-state index in [-0.39, 0.29) is 0 Å². The van der Waals surface area contributed by atoms with Gasteiger partial charge in [-0.2, -0.15) is 0 Å². The summed E-state index contributed by atoms with van der Waals surface area (Å²) in [5, 5.41) is 13.1. The maximum Gasteiger partial charge on any atom is 0.110 e. The van der Waals surface area contributed by atoms with E-state index >= 15 is 0 Å². The van der Waals surface area contributed by atoms with E-state index in [9.17, 15) is 5.11 Å². The third-order valence-corrected chi connectivity index (χ3v) is 2.75. The Balaban J connectivity index is 2.18. The third-order valence-electron chi connectivity index (χ3n) is 2.75. The zero-order chi connectivity index (χ0) is 10.0. The SMILES string of the molecule is C/C(=C\c1ccccc1)C1(O)CNC1. The van der Waals surface area contributed by atoms with Crippen LogP contribution in [0.3, 0.4) is 0 Å². The summed E-state index contributed by atoms with van der Waals surface area (Å²) in [6.45, 7) is 3.32. The average molecular weight is 189 g/mol. The van der Waals surface area contributed by atoms with Crippen LogP contribution in [0.5, 0.6) is 0 Å². The van der Waals surface area contributed by atoms with E-state index in [1.807, 2.05) is 43.3 Å². The summed E-state index contributed by atoms with van der Waals surface area (Å²) >= 11 is 0. The third kappa shape index (κ3) is 1.72. The van der Waals surface area contributed by atoms with Crippen LogP contribution in [0, 0.1) is 0 Å². The van der Waals surface area contributed by atoms with Gasteiger partial charge in [0.1, 0.15) is 5.60 Å². The monoisotopic (exact) mass is 189 g/mol. The molecule has 0 spiro atoms. The van der Waals surface area contributed by atoms with Crippen LogP contribution in [0.25, 0.3) is 6.08 Å². The summed E-state index contributed by atoms with van der Waals surface area (Å²) in [5.74, 6) is 0. The molecule has 1 saturated heterocycles. The molecule has 1 heterocycles. The Bertz CT molecular complexity index is 339. The zero-order valence-corrected chi connectivity index (χ0v) is 8.33. The lowest BCUT2D eigenvalue weighted by Crippen LogP contribution is -2.60. The van der Waals surface area contributed by atoms with Crippen molar-refractivity contribution in [3.05, 3.63) is 41.5 Å². The van der Waals surface area contributed by atoms with E-state index in [0.717, 1.165) is 11.1 Å². The van der Waals surface area contributed by atoms with Crippen molar-refractivity contribution < 1.29 is 5.11 Å². The molecule has 2 nitrogen and oxygen atoms in total. The van der Waals surface area contributed by atoms with E-state index in [4.69, 9.17) is 0 Å². The largest absolute Gasteiger partial charge is 0.383 e. The fraction of sp³-hybridized carbons (Fsp3) is 0.333. The Kier molecular flexibility index (Phi) is 2.40. The first kappa shape index (κ1) is 9.44. The van der Waals surface area contributed by atoms with Crippen molar-refractivity contribution in [1.82, 2.24) is 5.32 Å². The number of hydrogen-bond donors (Lipinski definition) is 2. The molecule has 0 aromatic heterocycles. The number of aliphatic hydroxyl groups is 1. The van der Waals surface area contributed by atoms with Gasteiger partial charge >= 0.3 is 0 Å². The molecule has 0 aliphatic carbocycles. The topological polar surface area (TPSA) is 32.3 Å². The van der Waals surface area contributed by atoms with Gasteiger partial charge in [0.2, 0.25) is 0 Å². The Hall–Kier alpha value is -1.12. The van der Waals surface area contributed by atoms with E-state index in [1.165, 1.54) is 0 Å². The lowest BCUT2D eigenvalue weighted by molar-refractivity contribution is 0.0270. The van der Waals surface area contributed by atoms with Crippen LogP contribution in [0.2, 0.25) is 0 Å². The summed E-state index contributed by atoms with van der Waals surface area (Å²) in [6.07, 6.45) is 2.04. The highest BCUT2D eigenvalue weighted by atomic mass is 16.3. The Morgan fingerprint density at radius 3 is 2.50 bits per heavy atom. The summed E-state index contributed by atoms with van der Waals surface area (Å²) in [6, 6.07) is 10.1. The predicted octanol–water partition coefficient (Wildman–Crippen LogP) is 1.42. The standard InChI is InChI=1S/C12H15NO/c1-10(12(14)8-13-9-12)7-11-5-3-2-4-6-11/h2-7,13-14H,8-9H2,1H3/b10-7+. The molecule has 0 saturated carbocycles. The molecule has 0 unspecified atom stereocenters. The molecule has 0 bridgehead atoms. The maximum absolute atomic E-state index is 10.0. The molecule has 2 N–H and O–H groups in total. The summed E-state index contributed by atoms with van der Waals surface area (Å²) in [4.78, 5) is 0. The van der Waals surface area contributed by atoms with Crippen molar-refractivity contribution in [3.63, 3.8) is 0 Å². The number of rotatable bonds is 2. The van der Waals surface area contributed by atoms with Gasteiger partial charge < -0.3 is 10.4 Å². The first-order chi connectivity index (χ1) is 6.71. The molecular weight excluding hydrogens is 174 g/mol. The number of nitrogens with one attached hydrogen (secondary N) is 1. The van der Waals surface area contributed by atoms with Crippen LogP contribution < -0.4 is 5.32 Å². The van der Waals surface area contributed by atoms with E-state index in [1.54, 1.807) is 0 Å². The van der Waals surface area contributed by atoms with Crippen LogP contribution in [-0.4, -0.2) is 23.8 Å². The fourth-order valence-corrected chi connectivity index (χ4v) is 1.57. The summed E-state index contributed by atoms with van der Waals surface area (Å²) < 4.78 is 0. The van der Waals surface area contributed by atoms with Gasteiger partial charge in [-0.1, -0.05) is 36.4 Å². The molecule has 0 atom stereocenters. The second-order valence-electron chi connectivity index (χ2n) is 3.87. The van der Waals surface area contributed by atoms with Crippen molar-refractivity contribution in [1.29, 1.82) is 0 Å². The van der Waals surface area contributed by atoms with Crippen LogP contribution in [0.15, 0.2) is 35.9 Å². The van der Waals surface area contributed by atoms with Crippen LogP contribution in [-0.2, 0) is 0 Å². The Labute approximate surface area is 84.3 Å². The average Bonchev–Trinajstić information content (AvgIpc) is 2.15. The summed E-state index contributed by atoms with van der Waals surface area (Å²) in [5.41, 5.74) is 1.56. The first-order valence-electron chi connectivity index (χ1n) is 4.88. The minimum atomic E-state index is -0.615. The molecule has 1 aromatic carbocycles. The quantitative estimate of drug-likeness (QED) is 0.737. The normalized spacial score (nSPS) is 20.3. The smallest absolute Gasteiger partial charge is 0.110 e.